The molecule has 3 heteroatoms. The van der Waals surface area contributed by atoms with Crippen molar-refractivity contribution in [3.63, 3.8) is 0 Å². The van der Waals surface area contributed by atoms with E-state index >= 15 is 0 Å². The molecule has 0 aliphatic rings. The van der Waals surface area contributed by atoms with Crippen molar-refractivity contribution in [2.24, 2.45) is 5.92 Å². The molecule has 0 bridgehead atoms. The van der Waals surface area contributed by atoms with Gasteiger partial charge in [-0.1, -0.05) is 13.0 Å². The van der Waals surface area contributed by atoms with Crippen LogP contribution < -0.4 is 5.32 Å². The Labute approximate surface area is 80.2 Å². The fourth-order valence-electron chi connectivity index (χ4n) is 0.891. The average molecular weight is 185 g/mol. The Morgan fingerprint density at radius 1 is 1.69 bits per heavy atom. The van der Waals surface area contributed by atoms with E-state index in [4.69, 9.17) is 4.74 Å². The van der Waals surface area contributed by atoms with E-state index in [9.17, 15) is 4.79 Å². The first-order chi connectivity index (χ1) is 6.22. The minimum atomic E-state index is -0.131. The van der Waals surface area contributed by atoms with Crippen LogP contribution in [0.4, 0.5) is 0 Å². The summed E-state index contributed by atoms with van der Waals surface area (Å²) in [4.78, 5) is 11.1. The summed E-state index contributed by atoms with van der Waals surface area (Å²) in [5.74, 6) is -0.196. The predicted octanol–water partition coefficient (Wildman–Crippen LogP) is 1.35. The number of ether oxygens (including phenoxy) is 1. The van der Waals surface area contributed by atoms with Gasteiger partial charge < -0.3 is 10.1 Å². The van der Waals surface area contributed by atoms with Gasteiger partial charge in [0.2, 0.25) is 0 Å². The van der Waals surface area contributed by atoms with Gasteiger partial charge in [-0.05, 0) is 19.9 Å². The molecule has 0 spiro atoms. The number of hydrogen-bond donors (Lipinski definition) is 1. The van der Waals surface area contributed by atoms with Crippen LogP contribution in [0.3, 0.4) is 0 Å². The third-order valence-corrected chi connectivity index (χ3v) is 1.66. The summed E-state index contributed by atoms with van der Waals surface area (Å²) in [6.07, 6.45) is 2.78. The van der Waals surface area contributed by atoms with E-state index in [-0.39, 0.29) is 11.9 Å². The van der Waals surface area contributed by atoms with Crippen molar-refractivity contribution in [3.8, 4) is 0 Å². The van der Waals surface area contributed by atoms with Gasteiger partial charge >= 0.3 is 5.97 Å². The Hall–Kier alpha value is -0.830. The van der Waals surface area contributed by atoms with Gasteiger partial charge in [0.05, 0.1) is 12.5 Å². The highest BCUT2D eigenvalue weighted by molar-refractivity contribution is 5.72. The summed E-state index contributed by atoms with van der Waals surface area (Å²) < 4.78 is 4.86. The van der Waals surface area contributed by atoms with Gasteiger partial charge in [0.1, 0.15) is 0 Å². The molecule has 0 aliphatic carbocycles. The van der Waals surface area contributed by atoms with Gasteiger partial charge in [0, 0.05) is 6.54 Å². The van der Waals surface area contributed by atoms with E-state index < -0.39 is 0 Å². The molecule has 3 nitrogen and oxygen atoms in total. The fourth-order valence-corrected chi connectivity index (χ4v) is 0.891. The maximum atomic E-state index is 11.1. The molecule has 0 amide bonds. The largest absolute Gasteiger partial charge is 0.466 e. The second-order valence-corrected chi connectivity index (χ2v) is 2.93. The Morgan fingerprint density at radius 3 is 2.92 bits per heavy atom. The van der Waals surface area contributed by atoms with Crippen molar-refractivity contribution >= 4 is 5.97 Å². The van der Waals surface area contributed by atoms with E-state index in [1.807, 2.05) is 19.9 Å². The highest BCUT2D eigenvalue weighted by atomic mass is 16.5. The van der Waals surface area contributed by atoms with Gasteiger partial charge in [-0.2, -0.15) is 0 Å². The van der Waals surface area contributed by atoms with E-state index in [0.717, 1.165) is 13.0 Å². The molecule has 0 saturated heterocycles. The van der Waals surface area contributed by atoms with Crippen LogP contribution in [-0.4, -0.2) is 25.7 Å². The Balaban J connectivity index is 3.43. The van der Waals surface area contributed by atoms with E-state index in [0.29, 0.717) is 13.2 Å². The maximum absolute atomic E-state index is 11.1. The Kier molecular flexibility index (Phi) is 7.30. The maximum Gasteiger partial charge on any atom is 0.309 e. The van der Waals surface area contributed by atoms with Crippen molar-refractivity contribution in [1.82, 2.24) is 5.32 Å². The van der Waals surface area contributed by atoms with Crippen molar-refractivity contribution in [1.29, 1.82) is 0 Å². The monoisotopic (exact) mass is 185 g/mol. The van der Waals surface area contributed by atoms with Gasteiger partial charge in [0.15, 0.2) is 0 Å². The Bertz CT molecular complexity index is 157. The van der Waals surface area contributed by atoms with Gasteiger partial charge in [-0.3, -0.25) is 4.79 Å². The zero-order chi connectivity index (χ0) is 10.1. The minimum Gasteiger partial charge on any atom is -0.466 e. The number of carbonyl (C=O) groups excluding carboxylic acids is 1. The third kappa shape index (κ3) is 6.34. The Morgan fingerprint density at radius 2 is 2.38 bits per heavy atom. The normalized spacial score (nSPS) is 12.2. The number of carbonyl (C=O) groups is 1. The lowest BCUT2D eigenvalue weighted by Crippen LogP contribution is -2.28. The molecule has 0 rings (SSSR count). The SMILES string of the molecule is C=CCCNCC(C)C(=O)OCC. The van der Waals surface area contributed by atoms with Crippen LogP contribution in [0, 0.1) is 5.92 Å². The lowest BCUT2D eigenvalue weighted by Gasteiger charge is -2.10. The summed E-state index contributed by atoms with van der Waals surface area (Å²) in [7, 11) is 0. The van der Waals surface area contributed by atoms with Crippen LogP contribution in [0.25, 0.3) is 0 Å². The zero-order valence-corrected chi connectivity index (χ0v) is 8.51. The lowest BCUT2D eigenvalue weighted by atomic mass is 10.2. The standard InChI is InChI=1S/C10H19NO2/c1-4-6-7-11-8-9(3)10(12)13-5-2/h4,9,11H,1,5-8H2,2-3H3. The summed E-state index contributed by atoms with van der Waals surface area (Å²) in [6, 6.07) is 0. The van der Waals surface area contributed by atoms with Crippen molar-refractivity contribution < 1.29 is 9.53 Å². The number of rotatable bonds is 7. The molecule has 0 radical (unpaired) electrons. The first-order valence-electron chi connectivity index (χ1n) is 4.70. The second kappa shape index (κ2) is 7.80. The zero-order valence-electron chi connectivity index (χ0n) is 8.51. The van der Waals surface area contributed by atoms with Gasteiger partial charge in [0.25, 0.3) is 0 Å². The van der Waals surface area contributed by atoms with Crippen molar-refractivity contribution in [2.75, 3.05) is 19.7 Å². The van der Waals surface area contributed by atoms with Crippen LogP contribution in [0.1, 0.15) is 20.3 Å². The first-order valence-corrected chi connectivity index (χ1v) is 4.70. The van der Waals surface area contributed by atoms with Crippen LogP contribution in [0.2, 0.25) is 0 Å². The summed E-state index contributed by atoms with van der Waals surface area (Å²) >= 11 is 0. The fraction of sp³-hybridized carbons (Fsp3) is 0.700. The first kappa shape index (κ1) is 12.2. The third-order valence-electron chi connectivity index (χ3n) is 1.66. The van der Waals surface area contributed by atoms with E-state index in [1.54, 1.807) is 0 Å². The molecule has 0 fully saturated rings. The molecule has 0 aromatic rings. The van der Waals surface area contributed by atoms with Crippen LogP contribution in [0.5, 0.6) is 0 Å². The molecule has 1 unspecified atom stereocenters. The molecule has 76 valence electrons. The van der Waals surface area contributed by atoms with Crippen LogP contribution in [-0.2, 0) is 9.53 Å². The molecular formula is C10H19NO2. The van der Waals surface area contributed by atoms with Gasteiger partial charge in [-0.25, -0.2) is 0 Å². The topological polar surface area (TPSA) is 38.3 Å². The molecule has 0 aromatic carbocycles. The smallest absolute Gasteiger partial charge is 0.309 e. The molecule has 0 saturated carbocycles. The highest BCUT2D eigenvalue weighted by Crippen LogP contribution is 1.96. The van der Waals surface area contributed by atoms with E-state index in [2.05, 4.69) is 11.9 Å². The predicted molar refractivity (Wildman–Crippen MR) is 53.5 cm³/mol. The minimum absolute atomic E-state index is 0.0650. The van der Waals surface area contributed by atoms with Crippen molar-refractivity contribution in [3.05, 3.63) is 12.7 Å². The van der Waals surface area contributed by atoms with Gasteiger partial charge in [-0.15, -0.1) is 6.58 Å². The quantitative estimate of drug-likeness (QED) is 0.369. The summed E-state index contributed by atoms with van der Waals surface area (Å²) in [5.41, 5.74) is 0. The number of nitrogens with one attached hydrogen (secondary N) is 1. The molecular weight excluding hydrogens is 166 g/mol. The number of hydrogen-bond acceptors (Lipinski definition) is 3. The lowest BCUT2D eigenvalue weighted by molar-refractivity contribution is -0.147. The molecule has 1 atom stereocenters. The van der Waals surface area contributed by atoms with E-state index in [1.165, 1.54) is 0 Å². The second-order valence-electron chi connectivity index (χ2n) is 2.93. The summed E-state index contributed by atoms with van der Waals surface area (Å²) in [5, 5.41) is 3.15. The molecule has 0 aliphatic heterocycles. The molecule has 1 N–H and O–H groups in total. The van der Waals surface area contributed by atoms with Crippen LogP contribution in [0.15, 0.2) is 12.7 Å². The number of esters is 1. The molecule has 13 heavy (non-hydrogen) atoms. The van der Waals surface area contributed by atoms with Crippen molar-refractivity contribution in [2.45, 2.75) is 20.3 Å². The molecule has 0 heterocycles. The average Bonchev–Trinajstić information content (AvgIpc) is 2.12. The highest BCUT2D eigenvalue weighted by Gasteiger charge is 2.12. The molecule has 0 aromatic heterocycles. The summed E-state index contributed by atoms with van der Waals surface area (Å²) in [6.45, 7) is 9.28. The van der Waals surface area contributed by atoms with Crippen LogP contribution >= 0.6 is 0 Å².